The SMILES string of the molecule is COc1cc(-n2nnnc2CNC(C)(C)C)ccc1F. The van der Waals surface area contributed by atoms with Crippen molar-refractivity contribution in [3.8, 4) is 11.4 Å². The summed E-state index contributed by atoms with van der Waals surface area (Å²) in [5, 5.41) is 14.9. The van der Waals surface area contributed by atoms with E-state index in [0.29, 0.717) is 18.1 Å². The summed E-state index contributed by atoms with van der Waals surface area (Å²) in [6, 6.07) is 4.50. The van der Waals surface area contributed by atoms with Gasteiger partial charge in [0.05, 0.1) is 19.3 Å². The van der Waals surface area contributed by atoms with Gasteiger partial charge in [0.2, 0.25) is 0 Å². The third kappa shape index (κ3) is 3.30. The Morgan fingerprint density at radius 3 is 2.75 bits per heavy atom. The molecule has 2 aromatic rings. The van der Waals surface area contributed by atoms with Crippen LogP contribution in [-0.4, -0.2) is 32.9 Å². The fraction of sp³-hybridized carbons (Fsp3) is 0.462. The zero-order chi connectivity index (χ0) is 14.8. The van der Waals surface area contributed by atoms with Gasteiger partial charge in [0.15, 0.2) is 17.4 Å². The third-order valence-electron chi connectivity index (χ3n) is 2.69. The molecule has 0 radical (unpaired) electrons. The van der Waals surface area contributed by atoms with Gasteiger partial charge >= 0.3 is 0 Å². The van der Waals surface area contributed by atoms with Crippen LogP contribution in [-0.2, 0) is 6.54 Å². The average Bonchev–Trinajstić information content (AvgIpc) is 2.84. The molecule has 1 heterocycles. The van der Waals surface area contributed by atoms with E-state index in [1.807, 2.05) is 0 Å². The molecule has 1 aromatic heterocycles. The van der Waals surface area contributed by atoms with E-state index in [9.17, 15) is 4.39 Å². The van der Waals surface area contributed by atoms with Crippen LogP contribution in [0.15, 0.2) is 18.2 Å². The van der Waals surface area contributed by atoms with Crippen LogP contribution in [0.3, 0.4) is 0 Å². The molecule has 2 rings (SSSR count). The normalized spacial score (nSPS) is 11.7. The van der Waals surface area contributed by atoms with Gasteiger partial charge in [-0.05, 0) is 43.3 Å². The number of nitrogens with one attached hydrogen (secondary N) is 1. The Kier molecular flexibility index (Phi) is 3.99. The van der Waals surface area contributed by atoms with E-state index in [1.54, 1.807) is 16.8 Å². The van der Waals surface area contributed by atoms with Crippen LogP contribution >= 0.6 is 0 Å². The highest BCUT2D eigenvalue weighted by molar-refractivity contribution is 5.39. The Morgan fingerprint density at radius 2 is 2.10 bits per heavy atom. The van der Waals surface area contributed by atoms with Crippen LogP contribution in [0.5, 0.6) is 5.75 Å². The van der Waals surface area contributed by atoms with Gasteiger partial charge in [0, 0.05) is 11.6 Å². The zero-order valence-electron chi connectivity index (χ0n) is 12.0. The van der Waals surface area contributed by atoms with Gasteiger partial charge < -0.3 is 10.1 Å². The van der Waals surface area contributed by atoms with E-state index in [1.165, 1.54) is 13.2 Å². The molecule has 7 heteroatoms. The summed E-state index contributed by atoms with van der Waals surface area (Å²) in [5.74, 6) is 0.389. The van der Waals surface area contributed by atoms with E-state index >= 15 is 0 Å². The minimum absolute atomic E-state index is 0.0444. The zero-order valence-corrected chi connectivity index (χ0v) is 12.0. The summed E-state index contributed by atoms with van der Waals surface area (Å²) >= 11 is 0. The molecule has 0 atom stereocenters. The number of hydrogen-bond donors (Lipinski definition) is 1. The highest BCUT2D eigenvalue weighted by atomic mass is 19.1. The molecule has 0 aliphatic heterocycles. The first-order valence-corrected chi connectivity index (χ1v) is 6.27. The molecule has 0 unspecified atom stereocenters. The van der Waals surface area contributed by atoms with Crippen molar-refractivity contribution in [3.05, 3.63) is 29.8 Å². The number of halogens is 1. The van der Waals surface area contributed by atoms with Gasteiger partial charge in [0.1, 0.15) is 0 Å². The lowest BCUT2D eigenvalue weighted by molar-refractivity contribution is 0.386. The Bertz CT molecular complexity index is 591. The van der Waals surface area contributed by atoms with Crippen molar-refractivity contribution in [1.82, 2.24) is 25.5 Å². The molecule has 20 heavy (non-hydrogen) atoms. The van der Waals surface area contributed by atoms with Gasteiger partial charge in [0.25, 0.3) is 0 Å². The number of tetrazole rings is 1. The predicted molar refractivity (Wildman–Crippen MR) is 72.3 cm³/mol. The summed E-state index contributed by atoms with van der Waals surface area (Å²) in [6.07, 6.45) is 0. The molecule has 6 nitrogen and oxygen atoms in total. The molecular weight excluding hydrogens is 261 g/mol. The van der Waals surface area contributed by atoms with Crippen LogP contribution in [0.1, 0.15) is 26.6 Å². The molecule has 0 amide bonds. The van der Waals surface area contributed by atoms with Crippen molar-refractivity contribution in [2.24, 2.45) is 0 Å². The molecule has 1 N–H and O–H groups in total. The van der Waals surface area contributed by atoms with Crippen LogP contribution in [0.25, 0.3) is 5.69 Å². The number of hydrogen-bond acceptors (Lipinski definition) is 5. The Balaban J connectivity index is 2.27. The van der Waals surface area contributed by atoms with E-state index in [0.717, 1.165) is 0 Å². The second kappa shape index (κ2) is 5.54. The van der Waals surface area contributed by atoms with E-state index in [2.05, 4.69) is 41.6 Å². The maximum atomic E-state index is 13.4. The van der Waals surface area contributed by atoms with Crippen molar-refractivity contribution >= 4 is 0 Å². The summed E-state index contributed by atoms with van der Waals surface area (Å²) in [4.78, 5) is 0. The number of rotatable bonds is 4. The molecule has 0 aliphatic carbocycles. The lowest BCUT2D eigenvalue weighted by atomic mass is 10.1. The quantitative estimate of drug-likeness (QED) is 0.922. The molecule has 108 valence electrons. The second-order valence-electron chi connectivity index (χ2n) is 5.43. The summed E-state index contributed by atoms with van der Waals surface area (Å²) in [6.45, 7) is 6.68. The number of benzene rings is 1. The largest absolute Gasteiger partial charge is 0.494 e. The number of methoxy groups -OCH3 is 1. The highest BCUT2D eigenvalue weighted by Crippen LogP contribution is 2.20. The lowest BCUT2D eigenvalue weighted by Crippen LogP contribution is -2.35. The molecule has 0 spiro atoms. The minimum Gasteiger partial charge on any atom is -0.494 e. The standard InChI is InChI=1S/C13H18FN5O/c1-13(2,3)15-8-12-16-17-18-19(12)9-5-6-10(14)11(7-9)20-4/h5-7,15H,8H2,1-4H3. The Morgan fingerprint density at radius 1 is 1.35 bits per heavy atom. The average molecular weight is 279 g/mol. The molecule has 0 saturated carbocycles. The van der Waals surface area contributed by atoms with E-state index in [-0.39, 0.29) is 11.3 Å². The van der Waals surface area contributed by atoms with Crippen molar-refractivity contribution in [2.45, 2.75) is 32.9 Å². The van der Waals surface area contributed by atoms with Gasteiger partial charge in [-0.15, -0.1) is 5.10 Å². The molecule has 0 aliphatic rings. The van der Waals surface area contributed by atoms with Crippen LogP contribution in [0.2, 0.25) is 0 Å². The van der Waals surface area contributed by atoms with Crippen LogP contribution in [0.4, 0.5) is 4.39 Å². The minimum atomic E-state index is -0.418. The molecule has 0 fully saturated rings. The molecule has 0 saturated heterocycles. The van der Waals surface area contributed by atoms with Gasteiger partial charge in [-0.25, -0.2) is 4.39 Å². The first kappa shape index (κ1) is 14.4. The van der Waals surface area contributed by atoms with Gasteiger partial charge in [-0.2, -0.15) is 4.68 Å². The first-order valence-electron chi connectivity index (χ1n) is 6.27. The monoisotopic (exact) mass is 279 g/mol. The van der Waals surface area contributed by atoms with Crippen LogP contribution < -0.4 is 10.1 Å². The number of aromatic nitrogens is 4. The smallest absolute Gasteiger partial charge is 0.170 e. The number of ether oxygens (including phenoxy) is 1. The Hall–Kier alpha value is -2.02. The lowest BCUT2D eigenvalue weighted by Gasteiger charge is -2.19. The van der Waals surface area contributed by atoms with Crippen molar-refractivity contribution in [2.75, 3.05) is 7.11 Å². The van der Waals surface area contributed by atoms with Crippen molar-refractivity contribution in [3.63, 3.8) is 0 Å². The Labute approximate surface area is 116 Å². The maximum Gasteiger partial charge on any atom is 0.170 e. The van der Waals surface area contributed by atoms with Crippen molar-refractivity contribution < 1.29 is 9.13 Å². The van der Waals surface area contributed by atoms with Gasteiger partial charge in [-0.3, -0.25) is 0 Å². The maximum absolute atomic E-state index is 13.4. The summed E-state index contributed by atoms with van der Waals surface area (Å²) in [7, 11) is 1.42. The molecular formula is C13H18FN5O. The van der Waals surface area contributed by atoms with Gasteiger partial charge in [-0.1, -0.05) is 0 Å². The number of nitrogens with zero attached hydrogens (tertiary/aromatic N) is 4. The summed E-state index contributed by atoms with van der Waals surface area (Å²) in [5.41, 5.74) is 0.607. The second-order valence-corrected chi connectivity index (χ2v) is 5.43. The molecule has 1 aromatic carbocycles. The molecule has 0 bridgehead atoms. The third-order valence-corrected chi connectivity index (χ3v) is 2.69. The van der Waals surface area contributed by atoms with E-state index < -0.39 is 5.82 Å². The predicted octanol–water partition coefficient (Wildman–Crippen LogP) is 1.70. The van der Waals surface area contributed by atoms with Crippen molar-refractivity contribution in [1.29, 1.82) is 0 Å². The first-order chi connectivity index (χ1) is 9.40. The van der Waals surface area contributed by atoms with Crippen LogP contribution in [0, 0.1) is 5.82 Å². The fourth-order valence-electron chi connectivity index (χ4n) is 1.64. The van der Waals surface area contributed by atoms with E-state index in [4.69, 9.17) is 4.74 Å². The summed E-state index contributed by atoms with van der Waals surface area (Å²) < 4.78 is 19.9. The fourth-order valence-corrected chi connectivity index (χ4v) is 1.64. The topological polar surface area (TPSA) is 64.9 Å². The highest BCUT2D eigenvalue weighted by Gasteiger charge is 2.14.